The van der Waals surface area contributed by atoms with Crippen molar-refractivity contribution in [2.45, 2.75) is 212 Å². The Bertz CT molecular complexity index is 995. The first-order valence-corrected chi connectivity index (χ1v) is 22.0. The number of allylic oxidation sites excluding steroid dienone is 8. The number of hydrogen-bond acceptors (Lipinski definition) is 6. The zero-order chi connectivity index (χ0) is 38.3. The van der Waals surface area contributed by atoms with E-state index in [1.54, 1.807) is 0 Å². The molecule has 0 aromatic carbocycles. The van der Waals surface area contributed by atoms with Crippen LogP contribution in [-0.4, -0.2) is 48.6 Å². The van der Waals surface area contributed by atoms with Crippen LogP contribution < -0.4 is 0 Å². The van der Waals surface area contributed by atoms with Gasteiger partial charge >= 0.3 is 11.9 Å². The highest BCUT2D eigenvalue weighted by Crippen LogP contribution is 2.29. The predicted molar refractivity (Wildman–Crippen MR) is 223 cm³/mol. The SMILES string of the molecule is CC/C=C\CC1OC1C/C=C\C/C=C\C/C=C\C/C=C\CCC(=O)OC[C@H](O)COC(=O)CCCCCCCCCCCCCCCCCCCCC. The van der Waals surface area contributed by atoms with E-state index in [1.807, 2.05) is 12.2 Å². The Morgan fingerprint density at radius 2 is 0.887 bits per heavy atom. The van der Waals surface area contributed by atoms with Gasteiger partial charge in [-0.25, -0.2) is 0 Å². The van der Waals surface area contributed by atoms with E-state index in [-0.39, 0.29) is 31.6 Å². The van der Waals surface area contributed by atoms with Crippen molar-refractivity contribution in [3.63, 3.8) is 0 Å². The van der Waals surface area contributed by atoms with Crippen LogP contribution in [0.5, 0.6) is 0 Å². The maximum atomic E-state index is 12.0. The van der Waals surface area contributed by atoms with Crippen LogP contribution in [0.15, 0.2) is 60.8 Å². The number of carbonyl (C=O) groups is 2. The summed E-state index contributed by atoms with van der Waals surface area (Å²) in [5.41, 5.74) is 0. The quantitative estimate of drug-likeness (QED) is 0.0294. The highest BCUT2D eigenvalue weighted by atomic mass is 16.6. The summed E-state index contributed by atoms with van der Waals surface area (Å²) >= 11 is 0. The van der Waals surface area contributed by atoms with Crippen molar-refractivity contribution in [3.05, 3.63) is 60.8 Å². The first-order chi connectivity index (χ1) is 26.1. The normalized spacial score (nSPS) is 16.6. The van der Waals surface area contributed by atoms with E-state index in [1.165, 1.54) is 103 Å². The molecule has 6 heteroatoms. The van der Waals surface area contributed by atoms with Gasteiger partial charge in [0.05, 0.1) is 12.2 Å². The second-order valence-corrected chi connectivity index (χ2v) is 14.8. The van der Waals surface area contributed by atoms with E-state index < -0.39 is 6.10 Å². The highest BCUT2D eigenvalue weighted by Gasteiger charge is 2.35. The van der Waals surface area contributed by atoms with Crippen LogP contribution in [0.3, 0.4) is 0 Å². The third-order valence-electron chi connectivity index (χ3n) is 9.68. The molecule has 1 heterocycles. The number of hydrogen-bond donors (Lipinski definition) is 1. The van der Waals surface area contributed by atoms with Gasteiger partial charge in [-0.2, -0.15) is 0 Å². The summed E-state index contributed by atoms with van der Waals surface area (Å²) in [5, 5.41) is 10.0. The summed E-state index contributed by atoms with van der Waals surface area (Å²) in [5.74, 6) is -0.661. The Balaban J connectivity index is 1.84. The van der Waals surface area contributed by atoms with Crippen LogP contribution in [0.1, 0.15) is 194 Å². The summed E-state index contributed by atoms with van der Waals surface area (Å²) in [6.45, 7) is 4.13. The minimum absolute atomic E-state index is 0.142. The molecule has 0 bridgehead atoms. The molecule has 1 aliphatic heterocycles. The third kappa shape index (κ3) is 35.0. The van der Waals surface area contributed by atoms with E-state index in [0.29, 0.717) is 25.0 Å². The van der Waals surface area contributed by atoms with Gasteiger partial charge in [-0.1, -0.05) is 190 Å². The van der Waals surface area contributed by atoms with Crippen LogP contribution in [0.2, 0.25) is 0 Å². The number of unbranched alkanes of at least 4 members (excludes halogenated alkanes) is 18. The van der Waals surface area contributed by atoms with E-state index in [2.05, 4.69) is 62.5 Å². The number of aliphatic hydroxyl groups excluding tert-OH is 1. The second kappa shape index (κ2) is 37.9. The third-order valence-corrected chi connectivity index (χ3v) is 9.68. The average Bonchev–Trinajstić information content (AvgIpc) is 3.91. The van der Waals surface area contributed by atoms with Gasteiger partial charge < -0.3 is 19.3 Å². The van der Waals surface area contributed by atoms with Crippen molar-refractivity contribution in [3.8, 4) is 0 Å². The largest absolute Gasteiger partial charge is 0.463 e. The number of epoxide rings is 1. The smallest absolute Gasteiger partial charge is 0.306 e. The fourth-order valence-corrected chi connectivity index (χ4v) is 6.27. The topological polar surface area (TPSA) is 85.4 Å². The van der Waals surface area contributed by atoms with Gasteiger partial charge in [-0.15, -0.1) is 0 Å². The van der Waals surface area contributed by atoms with Crippen LogP contribution in [0.4, 0.5) is 0 Å². The van der Waals surface area contributed by atoms with E-state index in [4.69, 9.17) is 14.2 Å². The van der Waals surface area contributed by atoms with Gasteiger partial charge in [0.15, 0.2) is 0 Å². The van der Waals surface area contributed by atoms with Gasteiger partial charge in [0.25, 0.3) is 0 Å². The molecule has 1 aliphatic rings. The van der Waals surface area contributed by atoms with Crippen LogP contribution in [0, 0.1) is 0 Å². The molecule has 53 heavy (non-hydrogen) atoms. The standard InChI is InChI=1S/C47H80O6/c1-3-5-7-8-9-10-11-12-13-14-15-16-17-18-22-25-28-31-35-39-46(49)51-41-43(48)42-52-47(50)40-36-32-29-26-23-20-19-21-24-27-30-34-38-45-44(53-45)37-33-6-4-2/h6,20-21,23-24,29-30,32-34,43-45,48H,3-5,7-19,22,25-28,31,35-42H2,1-2H3/b23-20-,24-21-,32-29-,33-6-,34-30-/t43-,44?,45?/m1/s1. The van der Waals surface area contributed by atoms with Gasteiger partial charge in [-0.3, -0.25) is 9.59 Å². The Labute approximate surface area is 326 Å². The van der Waals surface area contributed by atoms with Gasteiger partial charge in [0, 0.05) is 12.8 Å². The highest BCUT2D eigenvalue weighted by molar-refractivity contribution is 5.70. The number of carbonyl (C=O) groups excluding carboxylic acids is 2. The molecule has 3 atom stereocenters. The molecule has 0 amide bonds. The summed E-state index contributed by atoms with van der Waals surface area (Å²) in [6, 6.07) is 0. The van der Waals surface area contributed by atoms with Gasteiger partial charge in [0.2, 0.25) is 0 Å². The van der Waals surface area contributed by atoms with Crippen LogP contribution in [0.25, 0.3) is 0 Å². The van der Waals surface area contributed by atoms with Crippen molar-refractivity contribution in [2.24, 2.45) is 0 Å². The van der Waals surface area contributed by atoms with E-state index in [9.17, 15) is 14.7 Å². The Hall–Kier alpha value is -2.44. The maximum absolute atomic E-state index is 12.0. The molecular weight excluding hydrogens is 661 g/mol. The van der Waals surface area contributed by atoms with Crippen molar-refractivity contribution >= 4 is 11.9 Å². The lowest BCUT2D eigenvalue weighted by molar-refractivity contribution is -0.152. The van der Waals surface area contributed by atoms with Crippen molar-refractivity contribution < 1.29 is 28.9 Å². The van der Waals surface area contributed by atoms with Crippen molar-refractivity contribution in [1.29, 1.82) is 0 Å². The minimum Gasteiger partial charge on any atom is -0.463 e. The molecule has 0 aromatic heterocycles. The Morgan fingerprint density at radius 3 is 1.34 bits per heavy atom. The molecule has 304 valence electrons. The zero-order valence-corrected chi connectivity index (χ0v) is 34.2. The molecule has 0 radical (unpaired) electrons. The molecular formula is C47H80O6. The Kier molecular flexibility index (Phi) is 34.7. The van der Waals surface area contributed by atoms with Crippen LogP contribution in [-0.2, 0) is 23.8 Å². The van der Waals surface area contributed by atoms with E-state index in [0.717, 1.165) is 57.8 Å². The lowest BCUT2D eigenvalue weighted by atomic mass is 10.0. The molecule has 1 saturated heterocycles. The molecule has 0 aromatic rings. The first kappa shape index (κ1) is 48.6. The molecule has 1 N–H and O–H groups in total. The molecule has 1 rings (SSSR count). The average molecular weight is 741 g/mol. The summed E-state index contributed by atoms with van der Waals surface area (Å²) in [4.78, 5) is 24.0. The van der Waals surface area contributed by atoms with Gasteiger partial charge in [0.1, 0.15) is 19.3 Å². The predicted octanol–water partition coefficient (Wildman–Crippen LogP) is 12.9. The van der Waals surface area contributed by atoms with Crippen LogP contribution >= 0.6 is 0 Å². The number of esters is 2. The molecule has 0 saturated carbocycles. The minimum atomic E-state index is -0.998. The number of ether oxygens (including phenoxy) is 3. The summed E-state index contributed by atoms with van der Waals surface area (Å²) in [7, 11) is 0. The fourth-order valence-electron chi connectivity index (χ4n) is 6.27. The molecule has 0 aliphatic carbocycles. The maximum Gasteiger partial charge on any atom is 0.306 e. The van der Waals surface area contributed by atoms with Gasteiger partial charge in [-0.05, 0) is 51.4 Å². The lowest BCUT2D eigenvalue weighted by Crippen LogP contribution is -2.25. The fraction of sp³-hybridized carbons (Fsp3) is 0.745. The molecule has 1 fully saturated rings. The molecule has 6 nitrogen and oxygen atoms in total. The Morgan fingerprint density at radius 1 is 0.509 bits per heavy atom. The summed E-state index contributed by atoms with van der Waals surface area (Å²) < 4.78 is 16.0. The number of rotatable bonds is 38. The lowest BCUT2D eigenvalue weighted by Gasteiger charge is -2.12. The van der Waals surface area contributed by atoms with Crippen molar-refractivity contribution in [2.75, 3.05) is 13.2 Å². The zero-order valence-electron chi connectivity index (χ0n) is 34.2. The molecule has 0 spiro atoms. The van der Waals surface area contributed by atoms with E-state index >= 15 is 0 Å². The monoisotopic (exact) mass is 741 g/mol. The summed E-state index contributed by atoms with van der Waals surface area (Å²) in [6.07, 6.45) is 53.4. The van der Waals surface area contributed by atoms with Crippen molar-refractivity contribution in [1.82, 2.24) is 0 Å². The molecule has 2 unspecified atom stereocenters. The second-order valence-electron chi connectivity index (χ2n) is 14.8. The number of aliphatic hydroxyl groups is 1. The first-order valence-electron chi connectivity index (χ1n) is 22.0.